The fraction of sp³-hybridized carbons (Fsp3) is 0.125. The second-order valence-corrected chi connectivity index (χ2v) is 7.53. The Morgan fingerprint density at radius 2 is 1.44 bits per heavy atom. The molecule has 172 valence electrons. The lowest BCUT2D eigenvalue weighted by Crippen LogP contribution is -2.29. The van der Waals surface area contributed by atoms with Gasteiger partial charge < -0.3 is 16.0 Å². The van der Waals surface area contributed by atoms with E-state index in [0.717, 1.165) is 5.56 Å². The zero-order valence-corrected chi connectivity index (χ0v) is 18.3. The molecule has 1 atom stereocenters. The van der Waals surface area contributed by atoms with Crippen molar-refractivity contribution in [3.63, 3.8) is 0 Å². The van der Waals surface area contributed by atoms with Gasteiger partial charge in [-0.25, -0.2) is 13.9 Å². The van der Waals surface area contributed by atoms with E-state index >= 15 is 0 Å². The van der Waals surface area contributed by atoms with E-state index in [4.69, 9.17) is 0 Å². The maximum Gasteiger partial charge on any atom is 0.323 e. The number of halogens is 1. The van der Waals surface area contributed by atoms with Crippen molar-refractivity contribution in [2.45, 2.75) is 19.4 Å². The van der Waals surface area contributed by atoms with Gasteiger partial charge >= 0.3 is 6.03 Å². The average Bonchev–Trinajstić information content (AvgIpc) is 3.26. The van der Waals surface area contributed by atoms with Gasteiger partial charge in [0.05, 0.1) is 0 Å². The van der Waals surface area contributed by atoms with E-state index in [1.165, 1.54) is 16.8 Å². The number of amides is 3. The minimum Gasteiger partial charge on any atom is -0.324 e. The molecule has 3 aromatic carbocycles. The van der Waals surface area contributed by atoms with Gasteiger partial charge in [-0.3, -0.25) is 4.79 Å². The lowest BCUT2D eigenvalue weighted by molar-refractivity contribution is -0.119. The van der Waals surface area contributed by atoms with Crippen LogP contribution in [0.15, 0.2) is 78.9 Å². The zero-order valence-electron chi connectivity index (χ0n) is 18.3. The first kappa shape index (κ1) is 22.6. The number of aryl methyl sites for hydroxylation is 1. The second-order valence-electron chi connectivity index (χ2n) is 7.53. The quantitative estimate of drug-likeness (QED) is 0.384. The number of tetrazole rings is 1. The van der Waals surface area contributed by atoms with Gasteiger partial charge in [-0.1, -0.05) is 30.3 Å². The van der Waals surface area contributed by atoms with E-state index < -0.39 is 6.04 Å². The summed E-state index contributed by atoms with van der Waals surface area (Å²) in [7, 11) is 0. The van der Waals surface area contributed by atoms with Crippen LogP contribution in [0.5, 0.6) is 0 Å². The third-order valence-electron chi connectivity index (χ3n) is 5.04. The SMILES string of the molecule is Cc1nnnn1C(Cc1ccc(F)cc1)C(=O)Nc1ccc(NC(=O)Nc2ccccc2)cc1. The Morgan fingerprint density at radius 3 is 2.03 bits per heavy atom. The lowest BCUT2D eigenvalue weighted by atomic mass is 10.0. The molecule has 1 unspecified atom stereocenters. The van der Waals surface area contributed by atoms with Crippen LogP contribution in [0.1, 0.15) is 17.4 Å². The highest BCUT2D eigenvalue weighted by molar-refractivity contribution is 6.00. The van der Waals surface area contributed by atoms with E-state index in [1.807, 2.05) is 18.2 Å². The van der Waals surface area contributed by atoms with Crippen molar-refractivity contribution < 1.29 is 14.0 Å². The fourth-order valence-electron chi connectivity index (χ4n) is 3.34. The molecular formula is C24H22FN7O2. The fourth-order valence-corrected chi connectivity index (χ4v) is 3.34. The highest BCUT2D eigenvalue weighted by Gasteiger charge is 2.24. The van der Waals surface area contributed by atoms with Crippen molar-refractivity contribution in [2.75, 3.05) is 16.0 Å². The summed E-state index contributed by atoms with van der Waals surface area (Å²) in [5.41, 5.74) is 2.54. The number of aromatic nitrogens is 4. The predicted molar refractivity (Wildman–Crippen MR) is 126 cm³/mol. The number of nitrogens with one attached hydrogen (secondary N) is 3. The Kier molecular flexibility index (Phi) is 6.87. The van der Waals surface area contributed by atoms with Gasteiger partial charge in [-0.2, -0.15) is 0 Å². The van der Waals surface area contributed by atoms with E-state index in [0.29, 0.717) is 22.9 Å². The minimum atomic E-state index is -0.741. The molecule has 34 heavy (non-hydrogen) atoms. The topological polar surface area (TPSA) is 114 Å². The molecule has 0 saturated heterocycles. The molecule has 0 bridgehead atoms. The molecular weight excluding hydrogens is 437 g/mol. The summed E-state index contributed by atoms with van der Waals surface area (Å²) in [5.74, 6) is -0.206. The highest BCUT2D eigenvalue weighted by atomic mass is 19.1. The van der Waals surface area contributed by atoms with Gasteiger partial charge in [0.15, 0.2) is 0 Å². The first-order valence-corrected chi connectivity index (χ1v) is 10.5. The molecule has 3 amide bonds. The Labute approximate surface area is 195 Å². The Bertz CT molecular complexity index is 1260. The molecule has 0 aliphatic heterocycles. The summed E-state index contributed by atoms with van der Waals surface area (Å²) >= 11 is 0. The van der Waals surface area contributed by atoms with Crippen LogP contribution in [0.4, 0.5) is 26.2 Å². The van der Waals surface area contributed by atoms with Crippen molar-refractivity contribution >= 4 is 29.0 Å². The van der Waals surface area contributed by atoms with Crippen LogP contribution in [0, 0.1) is 12.7 Å². The second kappa shape index (κ2) is 10.3. The van der Waals surface area contributed by atoms with Crippen molar-refractivity contribution in [1.82, 2.24) is 20.2 Å². The van der Waals surface area contributed by atoms with Crippen LogP contribution in [-0.2, 0) is 11.2 Å². The molecule has 3 N–H and O–H groups in total. The number of carbonyl (C=O) groups excluding carboxylic acids is 2. The van der Waals surface area contributed by atoms with Crippen LogP contribution in [0.2, 0.25) is 0 Å². The number of nitrogens with zero attached hydrogens (tertiary/aromatic N) is 4. The molecule has 0 fully saturated rings. The number of hydrogen-bond acceptors (Lipinski definition) is 5. The minimum absolute atomic E-state index is 0.275. The summed E-state index contributed by atoms with van der Waals surface area (Å²) in [6, 6.07) is 20.6. The van der Waals surface area contributed by atoms with Crippen LogP contribution in [0.3, 0.4) is 0 Å². The number of para-hydroxylation sites is 1. The first-order chi connectivity index (χ1) is 16.5. The van der Waals surface area contributed by atoms with Gasteiger partial charge in [-0.15, -0.1) is 5.10 Å². The average molecular weight is 459 g/mol. The molecule has 0 spiro atoms. The van der Waals surface area contributed by atoms with Gasteiger partial charge in [0.25, 0.3) is 0 Å². The summed E-state index contributed by atoms with van der Waals surface area (Å²) in [6.45, 7) is 1.70. The van der Waals surface area contributed by atoms with Crippen molar-refractivity contribution in [3.05, 3.63) is 96.1 Å². The van der Waals surface area contributed by atoms with E-state index in [9.17, 15) is 14.0 Å². The summed E-state index contributed by atoms with van der Waals surface area (Å²) in [5, 5.41) is 19.8. The molecule has 4 aromatic rings. The summed E-state index contributed by atoms with van der Waals surface area (Å²) < 4.78 is 14.7. The van der Waals surface area contributed by atoms with Crippen LogP contribution >= 0.6 is 0 Å². The zero-order chi connectivity index (χ0) is 23.9. The van der Waals surface area contributed by atoms with E-state index in [-0.39, 0.29) is 24.2 Å². The summed E-state index contributed by atoms with van der Waals surface area (Å²) in [4.78, 5) is 25.3. The molecule has 1 aromatic heterocycles. The van der Waals surface area contributed by atoms with Crippen LogP contribution in [0.25, 0.3) is 0 Å². The smallest absolute Gasteiger partial charge is 0.323 e. The summed E-state index contributed by atoms with van der Waals surface area (Å²) in [6.07, 6.45) is 0.275. The molecule has 4 rings (SSSR count). The van der Waals surface area contributed by atoms with Gasteiger partial charge in [0.2, 0.25) is 5.91 Å². The lowest BCUT2D eigenvalue weighted by Gasteiger charge is -2.18. The van der Waals surface area contributed by atoms with Crippen LogP contribution < -0.4 is 16.0 Å². The van der Waals surface area contributed by atoms with Gasteiger partial charge in [-0.05, 0) is 71.4 Å². The van der Waals surface area contributed by atoms with Crippen molar-refractivity contribution in [1.29, 1.82) is 0 Å². The number of hydrogen-bond donors (Lipinski definition) is 3. The Balaban J connectivity index is 1.42. The molecule has 9 nitrogen and oxygen atoms in total. The van der Waals surface area contributed by atoms with Crippen molar-refractivity contribution in [2.24, 2.45) is 0 Å². The monoisotopic (exact) mass is 459 g/mol. The van der Waals surface area contributed by atoms with Gasteiger partial charge in [0, 0.05) is 23.5 Å². The number of rotatable bonds is 7. The predicted octanol–water partition coefficient (Wildman–Crippen LogP) is 4.19. The standard InChI is InChI=1S/C24H22FN7O2/c1-16-29-30-31-32(16)22(15-17-7-9-18(25)10-8-17)23(33)26-20-11-13-21(14-12-20)28-24(34)27-19-5-3-2-4-6-19/h2-14,22H,15H2,1H3,(H,26,33)(H2,27,28,34). The third-order valence-corrected chi connectivity index (χ3v) is 5.04. The third kappa shape index (κ3) is 5.80. The maximum atomic E-state index is 13.3. The van der Waals surface area contributed by atoms with Crippen LogP contribution in [-0.4, -0.2) is 32.1 Å². The largest absolute Gasteiger partial charge is 0.324 e. The highest BCUT2D eigenvalue weighted by Crippen LogP contribution is 2.20. The number of benzene rings is 3. The molecule has 0 aliphatic rings. The Morgan fingerprint density at radius 1 is 0.853 bits per heavy atom. The molecule has 0 aliphatic carbocycles. The molecule has 10 heteroatoms. The van der Waals surface area contributed by atoms with Gasteiger partial charge in [0.1, 0.15) is 17.7 Å². The number of anilines is 3. The normalized spacial score (nSPS) is 11.5. The first-order valence-electron chi connectivity index (χ1n) is 10.5. The van der Waals surface area contributed by atoms with Crippen molar-refractivity contribution in [3.8, 4) is 0 Å². The molecule has 0 saturated carbocycles. The molecule has 1 heterocycles. The van der Waals surface area contributed by atoms with E-state index in [2.05, 4.69) is 31.5 Å². The van der Waals surface area contributed by atoms with E-state index in [1.54, 1.807) is 55.5 Å². The number of carbonyl (C=O) groups is 2. The number of urea groups is 1. The maximum absolute atomic E-state index is 13.3. The molecule has 0 radical (unpaired) electrons. The Hall–Kier alpha value is -4.60.